The van der Waals surface area contributed by atoms with Gasteiger partial charge in [-0.15, -0.1) is 0 Å². The first-order valence-corrected chi connectivity index (χ1v) is 15.2. The molecule has 0 spiro atoms. The molecule has 0 aliphatic rings. The largest absolute Gasteiger partial charge is 0.481 e. The third kappa shape index (κ3) is 6.13. The summed E-state index contributed by atoms with van der Waals surface area (Å²) in [5.41, 5.74) is 2.21. The molecule has 4 aromatic carbocycles. The highest BCUT2D eigenvalue weighted by atomic mass is 32.2. The Kier molecular flexibility index (Phi) is 8.17. The average molecular weight is 622 g/mol. The SMILES string of the molecule is Cc1ccc2ccccc2c1S(=O)(=O)N(Cc1ccc(-c2cccc(C(C)(C)C(=O)O)c2)cc1)Cc1ccc(C(F)(F)F)o1. The number of sulfonamides is 1. The summed E-state index contributed by atoms with van der Waals surface area (Å²) in [6.07, 6.45) is -4.71. The van der Waals surface area contributed by atoms with Gasteiger partial charge in [-0.1, -0.05) is 84.9 Å². The van der Waals surface area contributed by atoms with E-state index in [1.807, 2.05) is 12.1 Å². The number of alkyl halides is 3. The van der Waals surface area contributed by atoms with Crippen LogP contribution in [-0.4, -0.2) is 23.8 Å². The highest BCUT2D eigenvalue weighted by Gasteiger charge is 2.36. The molecule has 0 aliphatic carbocycles. The van der Waals surface area contributed by atoms with Gasteiger partial charge >= 0.3 is 12.1 Å². The number of carboxylic acid groups (broad SMARTS) is 1. The molecule has 10 heteroatoms. The standard InChI is InChI=1S/C34H30F3NO5S/c1-22-11-14-25-7-4-5-10-29(25)31(22)44(41,42)38(21-28-17-18-30(43-28)34(35,36)37)20-23-12-15-24(16-13-23)26-8-6-9-27(19-26)33(2,3)32(39)40/h4-19H,20-21H2,1-3H3,(H,39,40). The van der Waals surface area contributed by atoms with Crippen LogP contribution in [0.25, 0.3) is 21.9 Å². The van der Waals surface area contributed by atoms with Gasteiger partial charge in [0.05, 0.1) is 16.9 Å². The predicted octanol–water partition coefficient (Wildman–Crippen LogP) is 8.18. The third-order valence-electron chi connectivity index (χ3n) is 7.71. The molecule has 0 bridgehead atoms. The van der Waals surface area contributed by atoms with Crippen LogP contribution in [0.15, 0.2) is 106 Å². The van der Waals surface area contributed by atoms with E-state index in [4.69, 9.17) is 4.42 Å². The van der Waals surface area contributed by atoms with Gasteiger partial charge in [0.2, 0.25) is 15.8 Å². The molecule has 0 fully saturated rings. The molecule has 5 aromatic rings. The van der Waals surface area contributed by atoms with Crippen LogP contribution in [0.3, 0.4) is 0 Å². The number of aryl methyl sites for hydroxylation is 1. The molecule has 5 rings (SSSR count). The summed E-state index contributed by atoms with van der Waals surface area (Å²) in [6, 6.07) is 26.8. The number of fused-ring (bicyclic) bond motifs is 1. The van der Waals surface area contributed by atoms with E-state index in [-0.39, 0.29) is 17.2 Å². The molecule has 0 aliphatic heterocycles. The van der Waals surface area contributed by atoms with Gasteiger partial charge in [-0.25, -0.2) is 8.42 Å². The van der Waals surface area contributed by atoms with Crippen LogP contribution < -0.4 is 0 Å². The highest BCUT2D eigenvalue weighted by molar-refractivity contribution is 7.89. The summed E-state index contributed by atoms with van der Waals surface area (Å²) in [7, 11) is -4.24. The summed E-state index contributed by atoms with van der Waals surface area (Å²) < 4.78 is 74.5. The number of furan rings is 1. The van der Waals surface area contributed by atoms with Gasteiger partial charge in [0, 0.05) is 11.9 Å². The van der Waals surface area contributed by atoms with Crippen molar-refractivity contribution in [2.24, 2.45) is 0 Å². The molecule has 0 atom stereocenters. The smallest absolute Gasteiger partial charge is 0.449 e. The molecule has 6 nitrogen and oxygen atoms in total. The Morgan fingerprint density at radius 1 is 0.841 bits per heavy atom. The van der Waals surface area contributed by atoms with Crippen molar-refractivity contribution in [3.8, 4) is 11.1 Å². The summed E-state index contributed by atoms with van der Waals surface area (Å²) in [5, 5.41) is 10.9. The van der Waals surface area contributed by atoms with Crippen LogP contribution in [0.1, 0.15) is 42.1 Å². The fraction of sp³-hybridized carbons (Fsp3) is 0.206. The second-order valence-corrected chi connectivity index (χ2v) is 13.1. The van der Waals surface area contributed by atoms with Crippen LogP contribution in [0.5, 0.6) is 0 Å². The van der Waals surface area contributed by atoms with E-state index in [1.165, 1.54) is 0 Å². The number of carbonyl (C=O) groups is 1. The molecule has 0 radical (unpaired) electrons. The Morgan fingerprint density at radius 2 is 1.55 bits per heavy atom. The Balaban J connectivity index is 1.52. The monoisotopic (exact) mass is 621 g/mol. The summed E-state index contributed by atoms with van der Waals surface area (Å²) in [6.45, 7) is 4.37. The molecule has 44 heavy (non-hydrogen) atoms. The lowest BCUT2D eigenvalue weighted by Gasteiger charge is -2.24. The van der Waals surface area contributed by atoms with Crippen molar-refractivity contribution in [3.63, 3.8) is 0 Å². The Morgan fingerprint density at radius 3 is 2.20 bits per heavy atom. The quantitative estimate of drug-likeness (QED) is 0.179. The van der Waals surface area contributed by atoms with Crippen molar-refractivity contribution in [2.45, 2.75) is 50.3 Å². The van der Waals surface area contributed by atoms with Crippen molar-refractivity contribution >= 4 is 26.8 Å². The van der Waals surface area contributed by atoms with Gasteiger partial charge in [-0.2, -0.15) is 17.5 Å². The van der Waals surface area contributed by atoms with Gasteiger partial charge in [0.1, 0.15) is 5.76 Å². The van der Waals surface area contributed by atoms with Crippen molar-refractivity contribution in [1.29, 1.82) is 0 Å². The first-order chi connectivity index (χ1) is 20.7. The molecular weight excluding hydrogens is 591 g/mol. The Labute approximate surface area is 253 Å². The number of nitrogens with zero attached hydrogens (tertiary/aromatic N) is 1. The van der Waals surface area contributed by atoms with Crippen LogP contribution in [-0.2, 0) is 39.5 Å². The normalized spacial score (nSPS) is 12.6. The first kappa shape index (κ1) is 31.0. The fourth-order valence-corrected chi connectivity index (χ4v) is 6.87. The fourth-order valence-electron chi connectivity index (χ4n) is 5.06. The summed E-state index contributed by atoms with van der Waals surface area (Å²) in [4.78, 5) is 11.8. The predicted molar refractivity (Wildman–Crippen MR) is 161 cm³/mol. The molecule has 228 valence electrons. The zero-order valence-corrected chi connectivity index (χ0v) is 25.0. The van der Waals surface area contributed by atoms with Gasteiger partial charge < -0.3 is 9.52 Å². The van der Waals surface area contributed by atoms with Gasteiger partial charge in [0.25, 0.3) is 0 Å². The maximum absolute atomic E-state index is 14.3. The molecule has 1 heterocycles. The van der Waals surface area contributed by atoms with Crippen LogP contribution >= 0.6 is 0 Å². The van der Waals surface area contributed by atoms with Crippen molar-refractivity contribution < 1.29 is 35.9 Å². The Hall–Kier alpha value is -4.41. The second kappa shape index (κ2) is 11.6. The Bertz CT molecular complexity index is 1940. The third-order valence-corrected chi connectivity index (χ3v) is 9.71. The van der Waals surface area contributed by atoms with Crippen LogP contribution in [0.2, 0.25) is 0 Å². The average Bonchev–Trinajstić information content (AvgIpc) is 3.46. The molecular formula is C34H30F3NO5S. The van der Waals surface area contributed by atoms with Crippen LogP contribution in [0, 0.1) is 6.92 Å². The van der Waals surface area contributed by atoms with Crippen molar-refractivity contribution in [2.75, 3.05) is 0 Å². The van der Waals surface area contributed by atoms with Gasteiger partial charge in [0.15, 0.2) is 0 Å². The number of aliphatic carboxylic acids is 1. The highest BCUT2D eigenvalue weighted by Crippen LogP contribution is 2.34. The number of benzene rings is 4. The number of hydrogen-bond donors (Lipinski definition) is 1. The van der Waals surface area contributed by atoms with E-state index in [1.54, 1.807) is 93.6 Å². The van der Waals surface area contributed by atoms with E-state index in [0.717, 1.165) is 27.6 Å². The maximum atomic E-state index is 14.3. The second-order valence-electron chi connectivity index (χ2n) is 11.2. The first-order valence-electron chi connectivity index (χ1n) is 13.8. The van der Waals surface area contributed by atoms with Gasteiger partial charge in [-0.3, -0.25) is 4.79 Å². The molecule has 0 amide bonds. The molecule has 0 unspecified atom stereocenters. The lowest BCUT2D eigenvalue weighted by Crippen LogP contribution is -2.31. The molecule has 1 aromatic heterocycles. The van der Waals surface area contributed by atoms with E-state index in [2.05, 4.69) is 0 Å². The minimum Gasteiger partial charge on any atom is -0.481 e. The minimum absolute atomic E-state index is 0.0766. The lowest BCUT2D eigenvalue weighted by atomic mass is 9.83. The van der Waals surface area contributed by atoms with Crippen molar-refractivity contribution in [1.82, 2.24) is 4.31 Å². The zero-order valence-electron chi connectivity index (χ0n) is 24.2. The molecule has 1 N–H and O–H groups in total. The van der Waals surface area contributed by atoms with Gasteiger partial charge in [-0.05, 0) is 66.1 Å². The van der Waals surface area contributed by atoms with Crippen molar-refractivity contribution in [3.05, 3.63) is 125 Å². The number of carboxylic acids is 1. The van der Waals surface area contributed by atoms with E-state index in [9.17, 15) is 31.5 Å². The van der Waals surface area contributed by atoms with E-state index >= 15 is 0 Å². The molecule has 0 saturated heterocycles. The number of rotatable bonds is 9. The lowest BCUT2D eigenvalue weighted by molar-refractivity contribution is -0.153. The topological polar surface area (TPSA) is 87.8 Å². The van der Waals surface area contributed by atoms with Crippen LogP contribution in [0.4, 0.5) is 13.2 Å². The minimum atomic E-state index is -4.71. The number of halogens is 3. The maximum Gasteiger partial charge on any atom is 0.449 e. The van der Waals surface area contributed by atoms with E-state index < -0.39 is 39.9 Å². The summed E-state index contributed by atoms with van der Waals surface area (Å²) in [5.74, 6) is -2.30. The summed E-state index contributed by atoms with van der Waals surface area (Å²) >= 11 is 0. The zero-order chi connectivity index (χ0) is 31.9. The number of hydrogen-bond acceptors (Lipinski definition) is 4. The van der Waals surface area contributed by atoms with E-state index in [0.29, 0.717) is 27.5 Å². The molecule has 0 saturated carbocycles.